The number of rotatable bonds is 4. The molecule has 3 nitrogen and oxygen atoms in total. The van der Waals surface area contributed by atoms with Crippen LogP contribution in [0.4, 0.5) is 0 Å². The average molecular weight is 293 g/mol. The van der Waals surface area contributed by atoms with Crippen LogP contribution in [0.2, 0.25) is 0 Å². The lowest BCUT2D eigenvalue weighted by Crippen LogP contribution is -2.50. The van der Waals surface area contributed by atoms with Crippen molar-refractivity contribution in [2.45, 2.75) is 73.3 Å². The number of hydrogen-bond acceptors (Lipinski definition) is 2. The Hall–Kier alpha value is -0.990. The van der Waals surface area contributed by atoms with Crippen molar-refractivity contribution in [2.24, 2.45) is 16.7 Å². The monoisotopic (exact) mass is 293 g/mol. The fourth-order valence-electron chi connectivity index (χ4n) is 3.23. The molecule has 1 saturated carbocycles. The fourth-order valence-corrected chi connectivity index (χ4v) is 3.23. The summed E-state index contributed by atoms with van der Waals surface area (Å²) in [5, 5.41) is 10.9. The normalized spacial score (nSPS) is 27.8. The Labute approximate surface area is 129 Å². The third-order valence-corrected chi connectivity index (χ3v) is 4.81. The van der Waals surface area contributed by atoms with Crippen LogP contribution >= 0.6 is 0 Å². The third-order valence-electron chi connectivity index (χ3n) is 4.81. The van der Waals surface area contributed by atoms with E-state index in [1.165, 1.54) is 0 Å². The molecule has 1 atom stereocenters. The van der Waals surface area contributed by atoms with Crippen LogP contribution in [0.25, 0.3) is 0 Å². The van der Waals surface area contributed by atoms with Crippen LogP contribution in [-0.2, 0) is 4.79 Å². The van der Waals surface area contributed by atoms with E-state index < -0.39 is 0 Å². The third kappa shape index (κ3) is 3.27. The molecule has 1 N–H and O–H groups in total. The summed E-state index contributed by atoms with van der Waals surface area (Å²) in [6, 6.07) is 0.404. The van der Waals surface area contributed by atoms with Crippen LogP contribution in [0.5, 0.6) is 0 Å². The van der Waals surface area contributed by atoms with Crippen LogP contribution in [0.3, 0.4) is 0 Å². The molecule has 0 radical (unpaired) electrons. The van der Waals surface area contributed by atoms with E-state index in [9.17, 15) is 9.90 Å². The molecule has 1 aliphatic heterocycles. The summed E-state index contributed by atoms with van der Waals surface area (Å²) in [5.41, 5.74) is 0.0314. The summed E-state index contributed by atoms with van der Waals surface area (Å²) < 4.78 is 0. The molecular formula is C18H31NO2. The summed E-state index contributed by atoms with van der Waals surface area (Å²) in [4.78, 5) is 14.8. The highest BCUT2D eigenvalue weighted by Crippen LogP contribution is 2.46. The first kappa shape index (κ1) is 16.4. The molecule has 1 fully saturated rings. The number of carbonyl (C=O) groups excluding carboxylic acids is 1. The van der Waals surface area contributed by atoms with Crippen molar-refractivity contribution in [3.63, 3.8) is 0 Å². The van der Waals surface area contributed by atoms with Crippen molar-refractivity contribution in [2.75, 3.05) is 6.54 Å². The van der Waals surface area contributed by atoms with Crippen LogP contribution in [-0.4, -0.2) is 28.5 Å². The SMILES string of the molecule is CC(C)CCC1(C)CN(C2CC2)C(=O)C(C(C)(C)C)=C1O. The van der Waals surface area contributed by atoms with Crippen LogP contribution in [0.1, 0.15) is 67.2 Å². The number of nitrogens with zero attached hydrogens (tertiary/aromatic N) is 1. The molecular weight excluding hydrogens is 262 g/mol. The quantitative estimate of drug-likeness (QED) is 0.840. The second kappa shape index (κ2) is 5.33. The first-order valence-corrected chi connectivity index (χ1v) is 8.31. The van der Waals surface area contributed by atoms with Crippen molar-refractivity contribution in [1.29, 1.82) is 0 Å². The highest BCUT2D eigenvalue weighted by Gasteiger charge is 2.48. The Morgan fingerprint density at radius 2 is 1.90 bits per heavy atom. The van der Waals surface area contributed by atoms with Gasteiger partial charge in [0.05, 0.1) is 5.57 Å². The van der Waals surface area contributed by atoms with E-state index in [-0.39, 0.29) is 16.7 Å². The lowest BCUT2D eigenvalue weighted by atomic mass is 9.71. The van der Waals surface area contributed by atoms with Crippen LogP contribution < -0.4 is 0 Å². The van der Waals surface area contributed by atoms with Crippen LogP contribution in [0, 0.1) is 16.7 Å². The molecule has 0 bridgehead atoms. The van der Waals surface area contributed by atoms with Gasteiger partial charge >= 0.3 is 0 Å². The summed E-state index contributed by atoms with van der Waals surface area (Å²) >= 11 is 0. The molecule has 0 aromatic rings. The van der Waals surface area contributed by atoms with E-state index in [2.05, 4.69) is 20.8 Å². The van der Waals surface area contributed by atoms with Crippen molar-refractivity contribution < 1.29 is 9.90 Å². The Morgan fingerprint density at radius 3 is 2.33 bits per heavy atom. The highest BCUT2D eigenvalue weighted by molar-refractivity contribution is 5.96. The van der Waals surface area contributed by atoms with Gasteiger partial charge in [-0.05, 0) is 37.0 Å². The zero-order valence-electron chi connectivity index (χ0n) is 14.5. The lowest BCUT2D eigenvalue weighted by molar-refractivity contribution is -0.132. The summed E-state index contributed by atoms with van der Waals surface area (Å²) in [6.45, 7) is 13.3. The Kier molecular flexibility index (Phi) is 4.16. The molecule has 1 aliphatic carbocycles. The zero-order chi connectivity index (χ0) is 16.0. The van der Waals surface area contributed by atoms with E-state index in [1.54, 1.807) is 0 Å². The zero-order valence-corrected chi connectivity index (χ0v) is 14.5. The van der Waals surface area contributed by atoms with Crippen LogP contribution in [0.15, 0.2) is 11.3 Å². The number of carbonyl (C=O) groups is 1. The maximum atomic E-state index is 12.8. The topological polar surface area (TPSA) is 40.5 Å². The van der Waals surface area contributed by atoms with E-state index in [0.717, 1.165) is 25.7 Å². The van der Waals surface area contributed by atoms with Crippen molar-refractivity contribution in [1.82, 2.24) is 4.90 Å². The second-order valence-electron chi connectivity index (χ2n) is 8.63. The minimum absolute atomic E-state index is 0.0597. The minimum Gasteiger partial charge on any atom is -0.511 e. The van der Waals surface area contributed by atoms with E-state index >= 15 is 0 Å². The first-order chi connectivity index (χ1) is 9.56. The van der Waals surface area contributed by atoms with Gasteiger partial charge in [0.2, 0.25) is 0 Å². The molecule has 1 unspecified atom stereocenters. The molecule has 0 saturated heterocycles. The predicted molar refractivity (Wildman–Crippen MR) is 86.0 cm³/mol. The van der Waals surface area contributed by atoms with Gasteiger partial charge in [-0.2, -0.15) is 0 Å². The van der Waals surface area contributed by atoms with Gasteiger partial charge in [-0.15, -0.1) is 0 Å². The Morgan fingerprint density at radius 1 is 1.33 bits per heavy atom. The van der Waals surface area contributed by atoms with Crippen molar-refractivity contribution in [3.8, 4) is 0 Å². The number of aliphatic hydroxyl groups is 1. The van der Waals surface area contributed by atoms with Gasteiger partial charge in [-0.1, -0.05) is 41.5 Å². The molecule has 1 amide bonds. The second-order valence-corrected chi connectivity index (χ2v) is 8.63. The van der Waals surface area contributed by atoms with Crippen molar-refractivity contribution in [3.05, 3.63) is 11.3 Å². The molecule has 0 aromatic carbocycles. The standard InChI is InChI=1S/C18H31NO2/c1-12(2)9-10-18(6)11-19(13-7-8-13)16(21)14(15(18)20)17(3,4)5/h12-13,20H,7-11H2,1-6H3. The van der Waals surface area contributed by atoms with E-state index in [1.807, 2.05) is 25.7 Å². The van der Waals surface area contributed by atoms with Gasteiger partial charge in [0.25, 0.3) is 5.91 Å². The molecule has 3 heteroatoms. The molecule has 0 spiro atoms. The number of aliphatic hydroxyl groups excluding tert-OH is 1. The Bertz CT molecular complexity index is 454. The van der Waals surface area contributed by atoms with E-state index in [0.29, 0.717) is 29.8 Å². The fraction of sp³-hybridized carbons (Fsp3) is 0.833. The van der Waals surface area contributed by atoms with Gasteiger partial charge in [0.1, 0.15) is 5.76 Å². The first-order valence-electron chi connectivity index (χ1n) is 8.31. The molecule has 21 heavy (non-hydrogen) atoms. The van der Waals surface area contributed by atoms with Crippen molar-refractivity contribution >= 4 is 5.91 Å². The maximum absolute atomic E-state index is 12.8. The van der Waals surface area contributed by atoms with E-state index in [4.69, 9.17) is 0 Å². The highest BCUT2D eigenvalue weighted by atomic mass is 16.3. The number of amides is 1. The predicted octanol–water partition coefficient (Wildman–Crippen LogP) is 4.29. The Balaban J connectivity index is 2.39. The van der Waals surface area contributed by atoms with Gasteiger partial charge in [-0.3, -0.25) is 4.79 Å². The maximum Gasteiger partial charge on any atom is 0.254 e. The van der Waals surface area contributed by atoms with Gasteiger partial charge in [-0.25, -0.2) is 0 Å². The summed E-state index contributed by atoms with van der Waals surface area (Å²) in [7, 11) is 0. The molecule has 1 heterocycles. The molecule has 120 valence electrons. The van der Waals surface area contributed by atoms with Gasteiger partial charge < -0.3 is 10.0 Å². The van der Waals surface area contributed by atoms with Gasteiger partial charge in [0.15, 0.2) is 0 Å². The van der Waals surface area contributed by atoms with Gasteiger partial charge in [0, 0.05) is 18.0 Å². The largest absolute Gasteiger partial charge is 0.511 e. The molecule has 2 rings (SSSR count). The number of hydrogen-bond donors (Lipinski definition) is 1. The molecule has 0 aromatic heterocycles. The summed E-state index contributed by atoms with van der Waals surface area (Å²) in [5.74, 6) is 1.02. The minimum atomic E-state index is -0.312. The summed E-state index contributed by atoms with van der Waals surface area (Å²) in [6.07, 6.45) is 4.24. The average Bonchev–Trinajstić information content (AvgIpc) is 3.14. The lowest BCUT2D eigenvalue weighted by Gasteiger charge is -2.44. The smallest absolute Gasteiger partial charge is 0.254 e. The molecule has 2 aliphatic rings.